The van der Waals surface area contributed by atoms with Crippen molar-refractivity contribution in [3.8, 4) is 0 Å². The number of halogens is 1. The molecule has 0 N–H and O–H groups in total. The molecule has 0 aromatic heterocycles. The molecule has 0 amide bonds. The van der Waals surface area contributed by atoms with E-state index in [1.165, 1.54) is 24.9 Å². The molecular weight excluding hydrogens is 290 g/mol. The zero-order chi connectivity index (χ0) is 14.4. The Balaban J connectivity index is 2.67. The van der Waals surface area contributed by atoms with Crippen LogP contribution in [0, 0.1) is 10.1 Å². The van der Waals surface area contributed by atoms with Crippen LogP contribution in [-0.4, -0.2) is 23.3 Å². The number of carbonyl (C=O) groups excluding carboxylic acids is 1. The summed E-state index contributed by atoms with van der Waals surface area (Å²) >= 11 is 7.20. The second-order valence-corrected chi connectivity index (χ2v) is 5.80. The van der Waals surface area contributed by atoms with Gasteiger partial charge in [-0.05, 0) is 12.1 Å². The van der Waals surface area contributed by atoms with E-state index in [4.69, 9.17) is 11.6 Å². The molecule has 0 heterocycles. The van der Waals surface area contributed by atoms with Crippen LogP contribution in [-0.2, 0) is 15.3 Å². The second-order valence-electron chi connectivity index (χ2n) is 3.93. The molecule has 104 valence electrons. The smallest absolute Gasteiger partial charge is 0.306 e. The van der Waals surface area contributed by atoms with E-state index in [0.717, 1.165) is 0 Å². The summed E-state index contributed by atoms with van der Waals surface area (Å²) in [7, 11) is 1.34. The standard InChI is InChI=1S/C12H14ClNO4S/c1-8(5-12(15)18-2)19-7-9-3-4-10(13)6-11(9)14(16)17/h3-4,6,8H,5,7H2,1-2H3. The third-order valence-electron chi connectivity index (χ3n) is 2.45. The van der Waals surface area contributed by atoms with E-state index in [0.29, 0.717) is 16.3 Å². The molecule has 0 fully saturated rings. The zero-order valence-corrected chi connectivity index (χ0v) is 12.2. The Kier molecular flexibility index (Phi) is 6.11. The van der Waals surface area contributed by atoms with Gasteiger partial charge in [0.1, 0.15) is 0 Å². The highest BCUT2D eigenvalue weighted by Gasteiger charge is 2.16. The number of hydrogen-bond acceptors (Lipinski definition) is 5. The van der Waals surface area contributed by atoms with Crippen LogP contribution in [0.15, 0.2) is 18.2 Å². The van der Waals surface area contributed by atoms with Gasteiger partial charge in [0.05, 0.1) is 18.5 Å². The maximum atomic E-state index is 11.1. The first-order valence-electron chi connectivity index (χ1n) is 5.55. The lowest BCUT2D eigenvalue weighted by Crippen LogP contribution is -2.09. The third-order valence-corrected chi connectivity index (χ3v) is 3.90. The molecule has 5 nitrogen and oxygen atoms in total. The number of nitrogens with zero attached hydrogens (tertiary/aromatic N) is 1. The minimum absolute atomic E-state index is 0.00488. The summed E-state index contributed by atoms with van der Waals surface area (Å²) in [6.07, 6.45) is 0.280. The van der Waals surface area contributed by atoms with E-state index in [2.05, 4.69) is 4.74 Å². The fraction of sp³-hybridized carbons (Fsp3) is 0.417. The minimum Gasteiger partial charge on any atom is -0.469 e. The van der Waals surface area contributed by atoms with Gasteiger partial charge in [0.2, 0.25) is 0 Å². The summed E-state index contributed by atoms with van der Waals surface area (Å²) in [6, 6.07) is 4.59. The molecule has 0 bridgehead atoms. The predicted molar refractivity (Wildman–Crippen MR) is 75.5 cm³/mol. The Hall–Kier alpha value is -1.27. The number of nitro benzene ring substituents is 1. The molecule has 0 saturated carbocycles. The average Bonchev–Trinajstić information content (AvgIpc) is 2.36. The number of hydrogen-bond donors (Lipinski definition) is 0. The summed E-state index contributed by atoms with van der Waals surface area (Å²) in [6.45, 7) is 1.88. The SMILES string of the molecule is COC(=O)CC(C)SCc1ccc(Cl)cc1[N+](=O)[O-]. The van der Waals surface area contributed by atoms with Crippen LogP contribution >= 0.6 is 23.4 Å². The minimum atomic E-state index is -0.452. The first-order chi connectivity index (χ1) is 8.93. The van der Waals surface area contributed by atoms with E-state index in [1.54, 1.807) is 12.1 Å². The first kappa shape index (κ1) is 15.8. The molecule has 0 aliphatic rings. The number of thioether (sulfide) groups is 1. The van der Waals surface area contributed by atoms with Crippen molar-refractivity contribution in [3.63, 3.8) is 0 Å². The lowest BCUT2D eigenvalue weighted by atomic mass is 10.2. The molecule has 0 aliphatic heterocycles. The van der Waals surface area contributed by atoms with Gasteiger partial charge in [-0.3, -0.25) is 14.9 Å². The molecule has 7 heteroatoms. The van der Waals surface area contributed by atoms with Crippen molar-refractivity contribution >= 4 is 35.0 Å². The highest BCUT2D eigenvalue weighted by atomic mass is 35.5. The van der Waals surface area contributed by atoms with Gasteiger partial charge in [0, 0.05) is 27.7 Å². The van der Waals surface area contributed by atoms with Gasteiger partial charge in [-0.15, -0.1) is 0 Å². The van der Waals surface area contributed by atoms with Crippen molar-refractivity contribution < 1.29 is 14.5 Å². The van der Waals surface area contributed by atoms with Gasteiger partial charge in [-0.2, -0.15) is 11.8 Å². The number of nitro groups is 1. The molecular formula is C12H14ClNO4S. The van der Waals surface area contributed by atoms with Crippen LogP contribution in [0.3, 0.4) is 0 Å². The van der Waals surface area contributed by atoms with Gasteiger partial charge < -0.3 is 4.74 Å². The Bertz CT molecular complexity index is 481. The largest absolute Gasteiger partial charge is 0.469 e. The maximum Gasteiger partial charge on any atom is 0.306 e. The normalized spacial score (nSPS) is 11.9. The Labute approximate surface area is 120 Å². The maximum absolute atomic E-state index is 11.1. The Morgan fingerprint density at radius 1 is 1.58 bits per heavy atom. The molecule has 1 aromatic carbocycles. The molecule has 1 aromatic rings. The molecule has 1 unspecified atom stereocenters. The zero-order valence-electron chi connectivity index (χ0n) is 10.6. The number of benzene rings is 1. The van der Waals surface area contributed by atoms with Gasteiger partial charge in [-0.1, -0.05) is 18.5 Å². The summed E-state index contributed by atoms with van der Waals surface area (Å²) in [4.78, 5) is 21.5. The van der Waals surface area contributed by atoms with E-state index < -0.39 is 4.92 Å². The van der Waals surface area contributed by atoms with Crippen LogP contribution < -0.4 is 0 Å². The van der Waals surface area contributed by atoms with Crippen molar-refractivity contribution in [1.29, 1.82) is 0 Å². The molecule has 1 rings (SSSR count). The summed E-state index contributed by atoms with van der Waals surface area (Å²) in [5, 5.41) is 11.3. The van der Waals surface area contributed by atoms with E-state index in [9.17, 15) is 14.9 Å². The van der Waals surface area contributed by atoms with Gasteiger partial charge in [0.25, 0.3) is 5.69 Å². The highest BCUT2D eigenvalue weighted by molar-refractivity contribution is 7.99. The quantitative estimate of drug-likeness (QED) is 0.457. The van der Waals surface area contributed by atoms with Crippen LogP contribution in [0.25, 0.3) is 0 Å². The van der Waals surface area contributed by atoms with Crippen molar-refractivity contribution in [1.82, 2.24) is 0 Å². The van der Waals surface area contributed by atoms with Gasteiger partial charge >= 0.3 is 5.97 Å². The number of rotatable bonds is 6. The highest BCUT2D eigenvalue weighted by Crippen LogP contribution is 2.28. The second kappa shape index (κ2) is 7.35. The predicted octanol–water partition coefficient (Wildman–Crippen LogP) is 3.43. The van der Waals surface area contributed by atoms with Crippen molar-refractivity contribution in [2.24, 2.45) is 0 Å². The molecule has 0 radical (unpaired) electrons. The molecule has 1 atom stereocenters. The van der Waals surface area contributed by atoms with Gasteiger partial charge in [-0.25, -0.2) is 0 Å². The summed E-state index contributed by atoms with van der Waals surface area (Å²) in [5.74, 6) is 0.164. The lowest BCUT2D eigenvalue weighted by molar-refractivity contribution is -0.385. The number of carbonyl (C=O) groups is 1. The first-order valence-corrected chi connectivity index (χ1v) is 6.98. The van der Waals surface area contributed by atoms with E-state index in [-0.39, 0.29) is 23.3 Å². The fourth-order valence-electron chi connectivity index (χ4n) is 1.44. The van der Waals surface area contributed by atoms with E-state index >= 15 is 0 Å². The van der Waals surface area contributed by atoms with Gasteiger partial charge in [0.15, 0.2) is 0 Å². The summed E-state index contributed by atoms with van der Waals surface area (Å²) < 4.78 is 4.57. The molecule has 0 spiro atoms. The van der Waals surface area contributed by atoms with Crippen LogP contribution in [0.4, 0.5) is 5.69 Å². The molecule has 0 saturated heterocycles. The van der Waals surface area contributed by atoms with Crippen LogP contribution in [0.2, 0.25) is 5.02 Å². The third kappa shape index (κ3) is 5.08. The average molecular weight is 304 g/mol. The van der Waals surface area contributed by atoms with Crippen molar-refractivity contribution in [2.75, 3.05) is 7.11 Å². The van der Waals surface area contributed by atoms with Crippen molar-refractivity contribution in [2.45, 2.75) is 24.3 Å². The fourth-order valence-corrected chi connectivity index (χ4v) is 2.57. The number of ether oxygens (including phenoxy) is 1. The monoisotopic (exact) mass is 303 g/mol. The number of esters is 1. The topological polar surface area (TPSA) is 69.4 Å². The van der Waals surface area contributed by atoms with Crippen molar-refractivity contribution in [3.05, 3.63) is 38.9 Å². The lowest BCUT2D eigenvalue weighted by Gasteiger charge is -2.10. The molecule has 0 aliphatic carbocycles. The molecule has 19 heavy (non-hydrogen) atoms. The van der Waals surface area contributed by atoms with E-state index in [1.807, 2.05) is 6.92 Å². The summed E-state index contributed by atoms with van der Waals surface area (Å²) in [5.41, 5.74) is 0.599. The Morgan fingerprint density at radius 3 is 2.84 bits per heavy atom. The number of methoxy groups -OCH3 is 1. The van der Waals surface area contributed by atoms with Crippen LogP contribution in [0.1, 0.15) is 18.9 Å². The Morgan fingerprint density at radius 2 is 2.26 bits per heavy atom. The van der Waals surface area contributed by atoms with Crippen LogP contribution in [0.5, 0.6) is 0 Å².